The molecule has 1 aromatic rings. The maximum Gasteiger partial charge on any atom is 0.243 e. The Balaban J connectivity index is 1.57. The lowest BCUT2D eigenvalue weighted by molar-refractivity contribution is -0.117. The summed E-state index contributed by atoms with van der Waals surface area (Å²) < 4.78 is 27.8. The lowest BCUT2D eigenvalue weighted by atomic mass is 9.86. The fourth-order valence-corrected chi connectivity index (χ4v) is 7.62. The van der Waals surface area contributed by atoms with Crippen LogP contribution >= 0.6 is 0 Å². The van der Waals surface area contributed by atoms with Gasteiger partial charge in [-0.2, -0.15) is 4.31 Å². The van der Waals surface area contributed by atoms with Crippen molar-refractivity contribution in [3.05, 3.63) is 18.2 Å². The SMILES string of the molecule is CCN1CCN(c2ccc(S(=O)(=O)N(CC)CC)cc2NC(=O)C[C@H]2C[C@H]3CC[C@@H]2C3)CC1. The van der Waals surface area contributed by atoms with Gasteiger partial charge in [-0.05, 0) is 61.8 Å². The van der Waals surface area contributed by atoms with Gasteiger partial charge in [0.25, 0.3) is 0 Å². The Morgan fingerprint density at radius 3 is 2.36 bits per heavy atom. The van der Waals surface area contributed by atoms with Gasteiger partial charge in [-0.15, -0.1) is 0 Å². The highest BCUT2D eigenvalue weighted by molar-refractivity contribution is 7.89. The molecule has 3 atom stereocenters. The molecule has 1 aromatic carbocycles. The maximum atomic E-state index is 13.2. The standard InChI is InChI=1S/C25H40N4O3S/c1-4-27-11-13-28(14-12-27)24-10-9-22(33(31,32)29(5-2)6-3)18-23(24)26-25(30)17-21-16-19-7-8-20(21)15-19/h9-10,18-21H,4-8,11-17H2,1-3H3,(H,26,30)/t19-,20+,21+/m0/s1. The number of fused-ring (bicyclic) bond motifs is 2. The zero-order chi connectivity index (χ0) is 23.6. The van der Waals surface area contributed by atoms with Gasteiger partial charge in [0.2, 0.25) is 15.9 Å². The quantitative estimate of drug-likeness (QED) is 0.589. The number of nitrogens with zero attached hydrogens (tertiary/aromatic N) is 3. The van der Waals surface area contributed by atoms with E-state index in [1.165, 1.54) is 30.0 Å². The average molecular weight is 477 g/mol. The van der Waals surface area contributed by atoms with E-state index in [2.05, 4.69) is 22.0 Å². The van der Waals surface area contributed by atoms with Crippen LogP contribution in [0.25, 0.3) is 0 Å². The summed E-state index contributed by atoms with van der Waals surface area (Å²) in [5.74, 6) is 1.98. The van der Waals surface area contributed by atoms with Crippen molar-refractivity contribution in [2.75, 3.05) is 56.0 Å². The monoisotopic (exact) mass is 476 g/mol. The van der Waals surface area contributed by atoms with Crippen LogP contribution in [-0.4, -0.2) is 69.3 Å². The Labute approximate surface area is 199 Å². The molecule has 1 N–H and O–H groups in total. The van der Waals surface area contributed by atoms with Crippen molar-refractivity contribution >= 4 is 27.3 Å². The van der Waals surface area contributed by atoms with Crippen LogP contribution < -0.4 is 10.2 Å². The molecule has 0 unspecified atom stereocenters. The van der Waals surface area contributed by atoms with Crippen LogP contribution in [0.15, 0.2) is 23.1 Å². The minimum absolute atomic E-state index is 0.0124. The van der Waals surface area contributed by atoms with Crippen LogP contribution in [0.5, 0.6) is 0 Å². The minimum atomic E-state index is -3.59. The molecule has 4 rings (SSSR count). The number of hydrogen-bond acceptors (Lipinski definition) is 5. The third kappa shape index (κ3) is 5.23. The maximum absolute atomic E-state index is 13.2. The number of sulfonamides is 1. The minimum Gasteiger partial charge on any atom is -0.367 e. The van der Waals surface area contributed by atoms with Gasteiger partial charge in [0, 0.05) is 45.7 Å². The molecule has 1 heterocycles. The molecule has 2 aliphatic carbocycles. The van der Waals surface area contributed by atoms with Crippen molar-refractivity contribution in [1.82, 2.24) is 9.21 Å². The van der Waals surface area contributed by atoms with Gasteiger partial charge >= 0.3 is 0 Å². The van der Waals surface area contributed by atoms with Gasteiger partial charge in [0.15, 0.2) is 0 Å². The van der Waals surface area contributed by atoms with Crippen LogP contribution in [0.3, 0.4) is 0 Å². The molecule has 2 saturated carbocycles. The molecular weight excluding hydrogens is 436 g/mol. The number of amides is 1. The normalized spacial score (nSPS) is 25.7. The summed E-state index contributed by atoms with van der Waals surface area (Å²) in [4.78, 5) is 18.0. The van der Waals surface area contributed by atoms with Crippen molar-refractivity contribution in [2.45, 2.75) is 57.8 Å². The van der Waals surface area contributed by atoms with E-state index in [0.29, 0.717) is 37.0 Å². The summed E-state index contributed by atoms with van der Waals surface area (Å²) in [6, 6.07) is 5.25. The predicted molar refractivity (Wildman–Crippen MR) is 133 cm³/mol. The molecule has 7 nitrogen and oxygen atoms in total. The second kappa shape index (κ2) is 10.3. The summed E-state index contributed by atoms with van der Waals surface area (Å²) >= 11 is 0. The summed E-state index contributed by atoms with van der Waals surface area (Å²) in [7, 11) is -3.59. The van der Waals surface area contributed by atoms with Crippen molar-refractivity contribution in [3.63, 3.8) is 0 Å². The van der Waals surface area contributed by atoms with Gasteiger partial charge in [-0.1, -0.05) is 27.2 Å². The molecule has 8 heteroatoms. The van der Waals surface area contributed by atoms with E-state index in [4.69, 9.17) is 0 Å². The second-order valence-corrected chi connectivity index (χ2v) is 11.8. The van der Waals surface area contributed by atoms with Gasteiger partial charge < -0.3 is 15.1 Å². The fraction of sp³-hybridized carbons (Fsp3) is 0.720. The molecule has 0 aromatic heterocycles. The second-order valence-electron chi connectivity index (χ2n) is 9.88. The molecule has 33 heavy (non-hydrogen) atoms. The molecule has 3 fully saturated rings. The van der Waals surface area contributed by atoms with Gasteiger partial charge in [-0.25, -0.2) is 8.42 Å². The fourth-order valence-electron chi connectivity index (χ4n) is 6.13. The number of rotatable bonds is 9. The van der Waals surface area contributed by atoms with Crippen LogP contribution in [0, 0.1) is 17.8 Å². The number of anilines is 2. The third-order valence-electron chi connectivity index (χ3n) is 8.08. The molecule has 3 aliphatic rings. The summed E-state index contributed by atoms with van der Waals surface area (Å²) in [5, 5.41) is 3.13. The molecule has 0 radical (unpaired) electrons. The Morgan fingerprint density at radius 2 is 1.79 bits per heavy atom. The number of hydrogen-bond donors (Lipinski definition) is 1. The highest BCUT2D eigenvalue weighted by atomic mass is 32.2. The number of nitrogens with one attached hydrogen (secondary N) is 1. The Hall–Kier alpha value is -1.64. The summed E-state index contributed by atoms with van der Waals surface area (Å²) in [6.07, 6.45) is 5.56. The number of piperazine rings is 1. The molecule has 1 amide bonds. The molecule has 2 bridgehead atoms. The lowest BCUT2D eigenvalue weighted by Crippen LogP contribution is -2.46. The first-order valence-electron chi connectivity index (χ1n) is 12.8. The van der Waals surface area contributed by atoms with E-state index >= 15 is 0 Å². The lowest BCUT2D eigenvalue weighted by Gasteiger charge is -2.36. The predicted octanol–water partition coefficient (Wildman–Crippen LogP) is 3.62. The number of carbonyl (C=O) groups excluding carboxylic acids is 1. The van der Waals surface area contributed by atoms with E-state index in [-0.39, 0.29) is 10.8 Å². The van der Waals surface area contributed by atoms with Gasteiger partial charge in [0.1, 0.15) is 0 Å². The Morgan fingerprint density at radius 1 is 1.06 bits per heavy atom. The van der Waals surface area contributed by atoms with E-state index in [0.717, 1.165) is 44.3 Å². The first-order chi connectivity index (χ1) is 15.8. The average Bonchev–Trinajstić information content (AvgIpc) is 3.43. The zero-order valence-corrected chi connectivity index (χ0v) is 21.2. The van der Waals surface area contributed by atoms with E-state index < -0.39 is 10.0 Å². The Kier molecular flexibility index (Phi) is 7.66. The van der Waals surface area contributed by atoms with E-state index in [1.54, 1.807) is 12.1 Å². The molecule has 184 valence electrons. The van der Waals surface area contributed by atoms with E-state index in [9.17, 15) is 13.2 Å². The zero-order valence-electron chi connectivity index (χ0n) is 20.4. The van der Waals surface area contributed by atoms with Crippen molar-refractivity contribution < 1.29 is 13.2 Å². The van der Waals surface area contributed by atoms with Crippen molar-refractivity contribution in [3.8, 4) is 0 Å². The van der Waals surface area contributed by atoms with Gasteiger partial charge in [0.05, 0.1) is 16.3 Å². The van der Waals surface area contributed by atoms with Crippen LogP contribution in [0.2, 0.25) is 0 Å². The highest BCUT2D eigenvalue weighted by Crippen LogP contribution is 2.49. The Bertz CT molecular complexity index is 939. The van der Waals surface area contributed by atoms with Crippen LogP contribution in [0.1, 0.15) is 52.9 Å². The molecule has 1 saturated heterocycles. The topological polar surface area (TPSA) is 73.0 Å². The number of likely N-dealkylation sites (N-methyl/N-ethyl adjacent to an activating group) is 1. The van der Waals surface area contributed by atoms with Crippen molar-refractivity contribution in [2.24, 2.45) is 17.8 Å². The van der Waals surface area contributed by atoms with Crippen LogP contribution in [-0.2, 0) is 14.8 Å². The van der Waals surface area contributed by atoms with Crippen LogP contribution in [0.4, 0.5) is 11.4 Å². The van der Waals surface area contributed by atoms with Crippen molar-refractivity contribution in [1.29, 1.82) is 0 Å². The molecule has 1 aliphatic heterocycles. The first kappa shape index (κ1) is 24.5. The van der Waals surface area contributed by atoms with Gasteiger partial charge in [-0.3, -0.25) is 4.79 Å². The highest BCUT2D eigenvalue weighted by Gasteiger charge is 2.40. The summed E-state index contributed by atoms with van der Waals surface area (Å²) in [5.41, 5.74) is 1.55. The molecule has 0 spiro atoms. The first-order valence-corrected chi connectivity index (χ1v) is 14.2. The smallest absolute Gasteiger partial charge is 0.243 e. The van der Waals surface area contributed by atoms with E-state index in [1.807, 2.05) is 19.9 Å². The number of carbonyl (C=O) groups is 1. The summed E-state index contributed by atoms with van der Waals surface area (Å²) in [6.45, 7) is 11.4. The number of benzene rings is 1. The molecular formula is C25H40N4O3S. The largest absolute Gasteiger partial charge is 0.367 e. The third-order valence-corrected chi connectivity index (χ3v) is 10.1.